The summed E-state index contributed by atoms with van der Waals surface area (Å²) in [7, 11) is 2.83. The number of aliphatic hydroxyl groups excluding tert-OH is 1. The van der Waals surface area contributed by atoms with Crippen LogP contribution in [0.5, 0.6) is 0 Å². The third kappa shape index (κ3) is 1.86. The minimum absolute atomic E-state index is 0.459. The van der Waals surface area contributed by atoms with Gasteiger partial charge in [0.05, 0.1) is 13.2 Å². The van der Waals surface area contributed by atoms with Crippen LogP contribution in [0.1, 0.15) is 11.6 Å². The Bertz CT molecular complexity index is 459. The monoisotopic (exact) mass is 249 g/mol. The van der Waals surface area contributed by atoms with Crippen LogP contribution in [0.25, 0.3) is 0 Å². The maximum Gasteiger partial charge on any atom is 0.314 e. The predicted molar refractivity (Wildman–Crippen MR) is 63.5 cm³/mol. The lowest BCUT2D eigenvalue weighted by Gasteiger charge is -2.23. The Balaban J connectivity index is 2.42. The highest BCUT2D eigenvalue weighted by atomic mass is 16.5. The second kappa shape index (κ2) is 4.78. The van der Waals surface area contributed by atoms with Crippen molar-refractivity contribution in [1.82, 2.24) is 4.90 Å². The number of aliphatic hydroxyl groups is 1. The van der Waals surface area contributed by atoms with E-state index in [0.29, 0.717) is 0 Å². The van der Waals surface area contributed by atoms with Crippen molar-refractivity contribution in [2.45, 2.75) is 12.1 Å². The Morgan fingerprint density at radius 2 is 1.94 bits per heavy atom. The molecule has 2 rings (SSSR count). The molecule has 1 aliphatic rings. The van der Waals surface area contributed by atoms with Gasteiger partial charge in [-0.25, -0.2) is 0 Å². The Kier molecular flexibility index (Phi) is 3.34. The van der Waals surface area contributed by atoms with Crippen LogP contribution in [0.2, 0.25) is 0 Å². The van der Waals surface area contributed by atoms with Crippen LogP contribution in [-0.4, -0.2) is 42.1 Å². The van der Waals surface area contributed by atoms with Gasteiger partial charge in [-0.1, -0.05) is 30.3 Å². The number of likely N-dealkylation sites (tertiary alicyclic amines) is 1. The van der Waals surface area contributed by atoms with Crippen LogP contribution in [0, 0.1) is 5.92 Å². The van der Waals surface area contributed by atoms with E-state index in [9.17, 15) is 14.7 Å². The largest absolute Gasteiger partial charge is 0.469 e. The number of benzene rings is 1. The van der Waals surface area contributed by atoms with E-state index in [1.54, 1.807) is 7.05 Å². The summed E-state index contributed by atoms with van der Waals surface area (Å²) in [6, 6.07) is 8.66. The second-order valence-corrected chi connectivity index (χ2v) is 4.30. The molecule has 1 aromatic carbocycles. The molecule has 0 aromatic heterocycles. The number of amides is 1. The van der Waals surface area contributed by atoms with E-state index in [-0.39, 0.29) is 0 Å². The average Bonchev–Trinajstić information content (AvgIpc) is 2.63. The summed E-state index contributed by atoms with van der Waals surface area (Å²) < 4.78 is 4.68. The summed E-state index contributed by atoms with van der Waals surface area (Å²) in [6.45, 7) is 0. The van der Waals surface area contributed by atoms with Crippen molar-refractivity contribution in [2.75, 3.05) is 14.2 Å². The number of methoxy groups -OCH3 is 1. The summed E-state index contributed by atoms with van der Waals surface area (Å²) in [4.78, 5) is 24.9. The van der Waals surface area contributed by atoms with Crippen LogP contribution in [0.15, 0.2) is 30.3 Å². The maximum atomic E-state index is 11.8. The van der Waals surface area contributed by atoms with Gasteiger partial charge in [0.15, 0.2) is 0 Å². The zero-order chi connectivity index (χ0) is 13.3. The highest BCUT2D eigenvalue weighted by Gasteiger charge is 2.50. The molecule has 1 saturated heterocycles. The Morgan fingerprint density at radius 1 is 1.33 bits per heavy atom. The van der Waals surface area contributed by atoms with Gasteiger partial charge in [0.2, 0.25) is 0 Å². The number of carbonyl (C=O) groups excluding carboxylic acids is 2. The molecule has 1 heterocycles. The molecule has 0 unspecified atom stereocenters. The first-order chi connectivity index (χ1) is 8.57. The van der Waals surface area contributed by atoms with Gasteiger partial charge in [0.1, 0.15) is 12.0 Å². The highest BCUT2D eigenvalue weighted by molar-refractivity contribution is 5.91. The molecule has 0 aliphatic carbocycles. The van der Waals surface area contributed by atoms with Crippen molar-refractivity contribution in [2.24, 2.45) is 5.92 Å². The van der Waals surface area contributed by atoms with E-state index in [0.717, 1.165) is 5.56 Å². The average molecular weight is 249 g/mol. The second-order valence-electron chi connectivity index (χ2n) is 4.30. The molecule has 3 atom stereocenters. The van der Waals surface area contributed by atoms with Crippen LogP contribution >= 0.6 is 0 Å². The SMILES string of the molecule is COC(=O)[C@@H]1[C@@H](O)C(=O)N(C)[C@H]1c1ccccc1. The van der Waals surface area contributed by atoms with Gasteiger partial charge in [-0.05, 0) is 5.56 Å². The number of ether oxygens (including phenoxy) is 1. The molecule has 5 nitrogen and oxygen atoms in total. The van der Waals surface area contributed by atoms with Gasteiger partial charge in [-0.2, -0.15) is 0 Å². The molecule has 1 fully saturated rings. The molecule has 1 aliphatic heterocycles. The number of esters is 1. The highest BCUT2D eigenvalue weighted by Crippen LogP contribution is 2.37. The normalized spacial score (nSPS) is 27.4. The molecule has 18 heavy (non-hydrogen) atoms. The van der Waals surface area contributed by atoms with Crippen LogP contribution in [-0.2, 0) is 14.3 Å². The fourth-order valence-electron chi connectivity index (χ4n) is 2.39. The van der Waals surface area contributed by atoms with Gasteiger partial charge < -0.3 is 14.7 Å². The molecule has 0 saturated carbocycles. The molecule has 0 radical (unpaired) electrons. The van der Waals surface area contributed by atoms with E-state index < -0.39 is 29.9 Å². The number of rotatable bonds is 2. The first kappa shape index (κ1) is 12.6. The van der Waals surface area contributed by atoms with E-state index in [1.807, 2.05) is 30.3 Å². The summed E-state index contributed by atoms with van der Waals surface area (Å²) in [6.07, 6.45) is -1.34. The van der Waals surface area contributed by atoms with Crippen molar-refractivity contribution in [3.05, 3.63) is 35.9 Å². The van der Waals surface area contributed by atoms with Gasteiger partial charge in [-0.3, -0.25) is 9.59 Å². The van der Waals surface area contributed by atoms with E-state index >= 15 is 0 Å². The van der Waals surface area contributed by atoms with Crippen LogP contribution in [0.3, 0.4) is 0 Å². The summed E-state index contributed by atoms with van der Waals surface area (Å²) >= 11 is 0. The van der Waals surface area contributed by atoms with Gasteiger partial charge in [0.25, 0.3) is 5.91 Å². The smallest absolute Gasteiger partial charge is 0.314 e. The molecular formula is C13H15NO4. The number of hydrogen-bond donors (Lipinski definition) is 1. The molecule has 1 N–H and O–H groups in total. The van der Waals surface area contributed by atoms with Crippen molar-refractivity contribution in [1.29, 1.82) is 0 Å². The maximum absolute atomic E-state index is 11.8. The molecule has 0 spiro atoms. The van der Waals surface area contributed by atoms with Crippen molar-refractivity contribution in [3.63, 3.8) is 0 Å². The molecule has 0 bridgehead atoms. The van der Waals surface area contributed by atoms with E-state index in [4.69, 9.17) is 0 Å². The standard InChI is InChI=1S/C13H15NO4/c1-14-10(8-6-4-3-5-7-8)9(13(17)18-2)11(15)12(14)16/h3-7,9-11,15H,1-2H3/t9-,10-,11+/m0/s1. The lowest BCUT2D eigenvalue weighted by molar-refractivity contribution is -0.150. The third-order valence-electron chi connectivity index (χ3n) is 3.31. The first-order valence-corrected chi connectivity index (χ1v) is 5.65. The summed E-state index contributed by atoms with van der Waals surface area (Å²) in [5.41, 5.74) is 0.806. The lowest BCUT2D eigenvalue weighted by atomic mass is 9.92. The third-order valence-corrected chi connectivity index (χ3v) is 3.31. The predicted octanol–water partition coefficient (Wildman–Crippen LogP) is 0.350. The summed E-state index contributed by atoms with van der Waals surface area (Å²) in [5.74, 6) is -1.91. The fourth-order valence-corrected chi connectivity index (χ4v) is 2.39. The quantitative estimate of drug-likeness (QED) is 0.768. The van der Waals surface area contributed by atoms with Crippen LogP contribution in [0.4, 0.5) is 0 Å². The minimum atomic E-state index is -1.34. The first-order valence-electron chi connectivity index (χ1n) is 5.65. The molecular weight excluding hydrogens is 234 g/mol. The number of carbonyl (C=O) groups is 2. The lowest BCUT2D eigenvalue weighted by Crippen LogP contribution is -2.30. The summed E-state index contributed by atoms with van der Waals surface area (Å²) in [5, 5.41) is 9.87. The minimum Gasteiger partial charge on any atom is -0.469 e. The number of nitrogens with zero attached hydrogens (tertiary/aromatic N) is 1. The fraction of sp³-hybridized carbons (Fsp3) is 0.385. The molecule has 96 valence electrons. The van der Waals surface area contributed by atoms with Gasteiger partial charge >= 0.3 is 5.97 Å². The van der Waals surface area contributed by atoms with Crippen molar-refractivity contribution < 1.29 is 19.4 Å². The van der Waals surface area contributed by atoms with Crippen molar-refractivity contribution in [3.8, 4) is 0 Å². The number of likely N-dealkylation sites (N-methyl/N-ethyl adjacent to an activating group) is 1. The van der Waals surface area contributed by atoms with Gasteiger partial charge in [0, 0.05) is 7.05 Å². The van der Waals surface area contributed by atoms with Crippen molar-refractivity contribution >= 4 is 11.9 Å². The zero-order valence-electron chi connectivity index (χ0n) is 10.2. The molecule has 1 aromatic rings. The Labute approximate surface area is 105 Å². The Hall–Kier alpha value is -1.88. The Morgan fingerprint density at radius 3 is 2.50 bits per heavy atom. The topological polar surface area (TPSA) is 66.8 Å². The number of hydrogen-bond acceptors (Lipinski definition) is 4. The van der Waals surface area contributed by atoms with Crippen LogP contribution < -0.4 is 0 Å². The van der Waals surface area contributed by atoms with E-state index in [2.05, 4.69) is 4.74 Å². The molecule has 1 amide bonds. The zero-order valence-corrected chi connectivity index (χ0v) is 10.2. The molecule has 5 heteroatoms. The van der Waals surface area contributed by atoms with E-state index in [1.165, 1.54) is 12.0 Å². The van der Waals surface area contributed by atoms with Gasteiger partial charge in [-0.15, -0.1) is 0 Å².